The van der Waals surface area contributed by atoms with Crippen LogP contribution in [-0.2, 0) is 6.42 Å². The van der Waals surface area contributed by atoms with Gasteiger partial charge in [-0.05, 0) is 38.0 Å². The number of nitrogens with zero attached hydrogens (tertiary/aromatic N) is 1. The molecule has 0 spiro atoms. The van der Waals surface area contributed by atoms with Crippen LogP contribution in [0.25, 0.3) is 5.70 Å². The van der Waals surface area contributed by atoms with Crippen LogP contribution in [0.2, 0.25) is 0 Å². The van der Waals surface area contributed by atoms with Crippen molar-refractivity contribution < 1.29 is 14.4 Å². The summed E-state index contributed by atoms with van der Waals surface area (Å²) >= 11 is 0. The van der Waals surface area contributed by atoms with Gasteiger partial charge in [0.15, 0.2) is 11.5 Å². The summed E-state index contributed by atoms with van der Waals surface area (Å²) < 4.78 is 10.5. The third-order valence-electron chi connectivity index (χ3n) is 3.24. The lowest BCUT2D eigenvalue weighted by atomic mass is 9.86. The van der Waals surface area contributed by atoms with E-state index in [1.54, 1.807) is 20.3 Å². The molecule has 1 aromatic rings. The molecule has 108 valence electrons. The molecule has 0 saturated carbocycles. The quantitative estimate of drug-likeness (QED) is 0.677. The first-order chi connectivity index (χ1) is 9.36. The van der Waals surface area contributed by atoms with Crippen molar-refractivity contribution in [3.63, 3.8) is 0 Å². The van der Waals surface area contributed by atoms with Gasteiger partial charge >= 0.3 is 0 Å². The summed E-state index contributed by atoms with van der Waals surface area (Å²) in [5, 5.41) is 14.0. The van der Waals surface area contributed by atoms with Crippen molar-refractivity contribution in [1.29, 1.82) is 0 Å². The molecular weight excluding hydrogens is 260 g/mol. The third kappa shape index (κ3) is 2.68. The highest BCUT2D eigenvalue weighted by molar-refractivity contribution is 5.71. The first-order valence-electron chi connectivity index (χ1n) is 6.25. The lowest BCUT2D eigenvalue weighted by Gasteiger charge is -2.34. The Morgan fingerprint density at radius 1 is 1.30 bits per heavy atom. The van der Waals surface area contributed by atoms with E-state index in [1.807, 2.05) is 19.9 Å². The molecule has 0 saturated heterocycles. The molecule has 2 rings (SSSR count). The van der Waals surface area contributed by atoms with Crippen molar-refractivity contribution in [3.05, 3.63) is 39.6 Å². The van der Waals surface area contributed by atoms with E-state index in [9.17, 15) is 10.1 Å². The van der Waals surface area contributed by atoms with Gasteiger partial charge < -0.3 is 14.8 Å². The van der Waals surface area contributed by atoms with E-state index in [4.69, 9.17) is 9.47 Å². The van der Waals surface area contributed by atoms with Crippen LogP contribution in [0, 0.1) is 10.1 Å². The van der Waals surface area contributed by atoms with Crippen molar-refractivity contribution in [3.8, 4) is 11.5 Å². The highest BCUT2D eigenvalue weighted by atomic mass is 16.6. The Labute approximate surface area is 117 Å². The Morgan fingerprint density at radius 3 is 2.45 bits per heavy atom. The van der Waals surface area contributed by atoms with Crippen molar-refractivity contribution in [1.82, 2.24) is 5.32 Å². The van der Waals surface area contributed by atoms with Crippen LogP contribution in [0.15, 0.2) is 18.3 Å². The average Bonchev–Trinajstić information content (AvgIpc) is 2.35. The highest BCUT2D eigenvalue weighted by Crippen LogP contribution is 2.37. The normalized spacial score (nSPS) is 18.1. The van der Waals surface area contributed by atoms with Crippen molar-refractivity contribution in [2.45, 2.75) is 25.8 Å². The minimum absolute atomic E-state index is 0.256. The van der Waals surface area contributed by atoms with E-state index >= 15 is 0 Å². The molecule has 1 aliphatic rings. The zero-order valence-electron chi connectivity index (χ0n) is 12.0. The molecule has 1 N–H and O–H groups in total. The van der Waals surface area contributed by atoms with Crippen molar-refractivity contribution in [2.75, 3.05) is 14.2 Å². The topological polar surface area (TPSA) is 73.6 Å². The Kier molecular flexibility index (Phi) is 3.57. The number of benzene rings is 1. The minimum atomic E-state index is -0.454. The fourth-order valence-corrected chi connectivity index (χ4v) is 2.48. The van der Waals surface area contributed by atoms with Gasteiger partial charge in [0.05, 0.1) is 19.1 Å². The zero-order chi connectivity index (χ0) is 14.9. The monoisotopic (exact) mass is 278 g/mol. The van der Waals surface area contributed by atoms with Crippen molar-refractivity contribution >= 4 is 5.70 Å². The van der Waals surface area contributed by atoms with Crippen LogP contribution in [-0.4, -0.2) is 24.7 Å². The van der Waals surface area contributed by atoms with Crippen molar-refractivity contribution in [2.24, 2.45) is 0 Å². The van der Waals surface area contributed by atoms with E-state index in [-0.39, 0.29) is 5.54 Å². The number of methoxy groups -OCH3 is 2. The summed E-state index contributed by atoms with van der Waals surface area (Å²) in [7, 11) is 3.12. The van der Waals surface area contributed by atoms with E-state index in [0.29, 0.717) is 17.2 Å². The predicted molar refractivity (Wildman–Crippen MR) is 75.4 cm³/mol. The largest absolute Gasteiger partial charge is 0.493 e. The van der Waals surface area contributed by atoms with E-state index in [0.717, 1.165) is 23.7 Å². The van der Waals surface area contributed by atoms with Crippen LogP contribution in [0.1, 0.15) is 25.0 Å². The second-order valence-electron chi connectivity index (χ2n) is 5.38. The summed E-state index contributed by atoms with van der Waals surface area (Å²) in [6.45, 7) is 4.00. The molecule has 6 heteroatoms. The number of nitro groups is 1. The second kappa shape index (κ2) is 5.03. The molecule has 6 nitrogen and oxygen atoms in total. The summed E-state index contributed by atoms with van der Waals surface area (Å²) in [4.78, 5) is 10.3. The third-order valence-corrected chi connectivity index (χ3v) is 3.24. The van der Waals surface area contributed by atoms with E-state index in [2.05, 4.69) is 5.32 Å². The molecule has 1 aliphatic heterocycles. The van der Waals surface area contributed by atoms with Crippen LogP contribution in [0.3, 0.4) is 0 Å². The molecule has 20 heavy (non-hydrogen) atoms. The maximum absolute atomic E-state index is 10.8. The average molecular weight is 278 g/mol. The molecule has 0 bridgehead atoms. The zero-order valence-corrected chi connectivity index (χ0v) is 12.0. The maximum Gasteiger partial charge on any atom is 0.258 e. The molecule has 0 aliphatic carbocycles. The van der Waals surface area contributed by atoms with Gasteiger partial charge in [-0.15, -0.1) is 0 Å². The molecule has 0 radical (unpaired) electrons. The molecule has 0 fully saturated rings. The lowest BCUT2D eigenvalue weighted by Crippen LogP contribution is -2.43. The van der Waals surface area contributed by atoms with Crippen LogP contribution in [0.4, 0.5) is 0 Å². The van der Waals surface area contributed by atoms with Gasteiger partial charge in [-0.25, -0.2) is 0 Å². The van der Waals surface area contributed by atoms with Crippen LogP contribution in [0.5, 0.6) is 11.5 Å². The number of rotatable bonds is 3. The van der Waals surface area contributed by atoms with E-state index in [1.165, 1.54) is 0 Å². The van der Waals surface area contributed by atoms with Gasteiger partial charge in [-0.3, -0.25) is 10.1 Å². The van der Waals surface area contributed by atoms with Crippen LogP contribution < -0.4 is 14.8 Å². The van der Waals surface area contributed by atoms with Gasteiger partial charge in [-0.1, -0.05) is 0 Å². The summed E-state index contributed by atoms with van der Waals surface area (Å²) in [5.41, 5.74) is 2.01. The Bertz CT molecular complexity index is 579. The SMILES string of the molecule is COc1cc2c(cc1OC)C(=C[N+](=O)[O-])NC(C)(C)C2. The summed E-state index contributed by atoms with van der Waals surface area (Å²) in [6.07, 6.45) is 1.74. The van der Waals surface area contributed by atoms with Gasteiger partial charge in [0, 0.05) is 11.1 Å². The lowest BCUT2D eigenvalue weighted by molar-refractivity contribution is -0.401. The molecule has 0 unspecified atom stereocenters. The highest BCUT2D eigenvalue weighted by Gasteiger charge is 2.30. The predicted octanol–water partition coefficient (Wildman–Crippen LogP) is 2.20. The number of ether oxygens (including phenoxy) is 2. The Balaban J connectivity index is 2.61. The summed E-state index contributed by atoms with van der Waals surface area (Å²) in [6, 6.07) is 3.65. The first kappa shape index (κ1) is 14.2. The standard InChI is InChI=1S/C14H18N2O4/c1-14(2)7-9-5-12(19-3)13(20-4)6-10(9)11(15-14)8-16(17)18/h5-6,8,15H,7H2,1-4H3. The van der Waals surface area contributed by atoms with Crippen LogP contribution >= 0.6 is 0 Å². The number of fused-ring (bicyclic) bond motifs is 1. The smallest absolute Gasteiger partial charge is 0.258 e. The fraction of sp³-hybridized carbons (Fsp3) is 0.429. The molecule has 0 amide bonds. The number of hydrogen-bond acceptors (Lipinski definition) is 5. The molecule has 0 aromatic heterocycles. The Hall–Kier alpha value is -2.24. The minimum Gasteiger partial charge on any atom is -0.493 e. The molecule has 0 atom stereocenters. The van der Waals surface area contributed by atoms with Gasteiger partial charge in [0.25, 0.3) is 6.20 Å². The molecular formula is C14H18N2O4. The van der Waals surface area contributed by atoms with Gasteiger partial charge in [0.2, 0.25) is 0 Å². The Morgan fingerprint density at radius 2 is 1.90 bits per heavy atom. The first-order valence-corrected chi connectivity index (χ1v) is 6.25. The molecule has 1 heterocycles. The summed E-state index contributed by atoms with van der Waals surface area (Å²) in [5.74, 6) is 1.19. The second-order valence-corrected chi connectivity index (χ2v) is 5.38. The fourth-order valence-electron chi connectivity index (χ4n) is 2.48. The number of nitrogens with one attached hydrogen (secondary N) is 1. The maximum atomic E-state index is 10.8. The van der Waals surface area contributed by atoms with E-state index < -0.39 is 4.92 Å². The number of hydrogen-bond donors (Lipinski definition) is 1. The van der Waals surface area contributed by atoms with Gasteiger partial charge in [-0.2, -0.15) is 0 Å². The van der Waals surface area contributed by atoms with Gasteiger partial charge in [0.1, 0.15) is 5.70 Å². The molecule has 1 aromatic carbocycles.